The zero-order valence-corrected chi connectivity index (χ0v) is 15.4. The van der Waals surface area contributed by atoms with E-state index in [-0.39, 0.29) is 5.43 Å². The van der Waals surface area contributed by atoms with Gasteiger partial charge in [-0.15, -0.1) is 0 Å². The van der Waals surface area contributed by atoms with E-state index in [4.69, 9.17) is 14.4 Å². The summed E-state index contributed by atoms with van der Waals surface area (Å²) in [6.45, 7) is 2.62. The number of nitriles is 1. The van der Waals surface area contributed by atoms with E-state index in [1.807, 2.05) is 18.2 Å². The van der Waals surface area contributed by atoms with Gasteiger partial charge in [0.15, 0.2) is 5.43 Å². The molecule has 0 N–H and O–H groups in total. The molecule has 3 aromatic rings. The maximum atomic E-state index is 12.6. The van der Waals surface area contributed by atoms with Crippen LogP contribution in [0.1, 0.15) is 38.2 Å². The Morgan fingerprint density at radius 2 is 2.15 bits per heavy atom. The van der Waals surface area contributed by atoms with Crippen LogP contribution in [0, 0.1) is 11.3 Å². The summed E-state index contributed by atoms with van der Waals surface area (Å²) >= 11 is 0. The van der Waals surface area contributed by atoms with Gasteiger partial charge in [-0.25, -0.2) is 0 Å². The summed E-state index contributed by atoms with van der Waals surface area (Å²) in [4.78, 5) is 16.7. The van der Waals surface area contributed by atoms with Crippen LogP contribution in [0.5, 0.6) is 5.75 Å². The summed E-state index contributed by atoms with van der Waals surface area (Å²) < 4.78 is 12.1. The molecule has 138 valence electrons. The van der Waals surface area contributed by atoms with Crippen LogP contribution in [0.4, 0.5) is 0 Å². The first-order chi connectivity index (χ1) is 13.2. The molecule has 0 aliphatic carbocycles. The van der Waals surface area contributed by atoms with Gasteiger partial charge in [-0.1, -0.05) is 13.3 Å². The molecule has 3 rings (SSSR count). The first-order valence-corrected chi connectivity index (χ1v) is 9.24. The van der Waals surface area contributed by atoms with Crippen molar-refractivity contribution in [2.45, 2.75) is 39.0 Å². The topological polar surface area (TPSA) is 76.1 Å². The van der Waals surface area contributed by atoms with Crippen molar-refractivity contribution in [3.05, 3.63) is 58.5 Å². The van der Waals surface area contributed by atoms with Crippen molar-refractivity contribution >= 4 is 11.0 Å². The fourth-order valence-corrected chi connectivity index (χ4v) is 3.02. The molecule has 0 aliphatic rings. The summed E-state index contributed by atoms with van der Waals surface area (Å²) in [7, 11) is 0. The lowest BCUT2D eigenvalue weighted by Crippen LogP contribution is -2.05. The number of fused-ring (bicyclic) bond motifs is 1. The molecule has 0 radical (unpaired) electrons. The quantitative estimate of drug-likeness (QED) is 0.534. The van der Waals surface area contributed by atoms with E-state index in [0.717, 1.165) is 42.6 Å². The highest BCUT2D eigenvalue weighted by atomic mass is 16.5. The summed E-state index contributed by atoms with van der Waals surface area (Å²) in [6, 6.07) is 10.9. The number of ether oxygens (including phenoxy) is 1. The Hall–Kier alpha value is -3.13. The number of aryl methyl sites for hydroxylation is 1. The molecule has 0 saturated carbocycles. The Morgan fingerprint density at radius 3 is 2.89 bits per heavy atom. The summed E-state index contributed by atoms with van der Waals surface area (Å²) in [5, 5.41) is 9.18. The van der Waals surface area contributed by atoms with Crippen LogP contribution >= 0.6 is 0 Å². The third kappa shape index (κ3) is 4.35. The first-order valence-electron chi connectivity index (χ1n) is 9.24. The van der Waals surface area contributed by atoms with Crippen LogP contribution in [0.3, 0.4) is 0 Å². The molecule has 0 spiro atoms. The highest BCUT2D eigenvalue weighted by Crippen LogP contribution is 2.31. The highest BCUT2D eigenvalue weighted by Gasteiger charge is 2.15. The molecule has 5 heteroatoms. The smallest absolute Gasteiger partial charge is 0.193 e. The minimum atomic E-state index is -0.0759. The predicted molar refractivity (Wildman–Crippen MR) is 105 cm³/mol. The van der Waals surface area contributed by atoms with Crippen molar-refractivity contribution in [1.29, 1.82) is 5.26 Å². The Balaban J connectivity index is 2.01. The second-order valence-electron chi connectivity index (χ2n) is 6.35. The molecule has 2 aromatic heterocycles. The molecule has 0 amide bonds. The zero-order valence-electron chi connectivity index (χ0n) is 15.4. The Kier molecular flexibility index (Phi) is 6.22. The van der Waals surface area contributed by atoms with Crippen LogP contribution in [0.2, 0.25) is 0 Å². The molecule has 0 atom stereocenters. The monoisotopic (exact) mass is 362 g/mol. The van der Waals surface area contributed by atoms with Crippen molar-refractivity contribution in [1.82, 2.24) is 4.98 Å². The van der Waals surface area contributed by atoms with E-state index in [9.17, 15) is 4.79 Å². The molecule has 0 fully saturated rings. The number of benzene rings is 1. The molecule has 1 aromatic carbocycles. The van der Waals surface area contributed by atoms with Gasteiger partial charge < -0.3 is 9.15 Å². The lowest BCUT2D eigenvalue weighted by Gasteiger charge is -2.13. The maximum absolute atomic E-state index is 12.6. The number of aromatic nitrogens is 1. The average Bonchev–Trinajstić information content (AvgIpc) is 2.70. The highest BCUT2D eigenvalue weighted by molar-refractivity contribution is 5.83. The second kappa shape index (κ2) is 9.00. The van der Waals surface area contributed by atoms with Crippen molar-refractivity contribution in [3.8, 4) is 23.1 Å². The molecule has 0 saturated heterocycles. The molecule has 0 bridgehead atoms. The largest absolute Gasteiger partial charge is 0.493 e. The van der Waals surface area contributed by atoms with Gasteiger partial charge in [-0.3, -0.25) is 9.78 Å². The van der Waals surface area contributed by atoms with Gasteiger partial charge in [0, 0.05) is 36.0 Å². The van der Waals surface area contributed by atoms with Gasteiger partial charge in [0.25, 0.3) is 0 Å². The number of unbranched alkanes of at least 4 members (excludes halogenated alkanes) is 2. The van der Waals surface area contributed by atoms with Gasteiger partial charge >= 0.3 is 0 Å². The van der Waals surface area contributed by atoms with E-state index < -0.39 is 0 Å². The van der Waals surface area contributed by atoms with E-state index >= 15 is 0 Å². The number of pyridine rings is 1. The third-order valence-corrected chi connectivity index (χ3v) is 4.34. The Morgan fingerprint density at radius 1 is 1.26 bits per heavy atom. The summed E-state index contributed by atoms with van der Waals surface area (Å²) in [6.07, 6.45) is 7.19. The van der Waals surface area contributed by atoms with Crippen LogP contribution in [0.25, 0.3) is 22.3 Å². The summed E-state index contributed by atoms with van der Waals surface area (Å²) in [5.74, 6) is 1.25. The molecule has 5 nitrogen and oxygen atoms in total. The van der Waals surface area contributed by atoms with Crippen LogP contribution in [-0.2, 0) is 6.42 Å². The number of rotatable bonds is 8. The van der Waals surface area contributed by atoms with Crippen molar-refractivity contribution < 1.29 is 9.15 Å². The zero-order chi connectivity index (χ0) is 19.1. The van der Waals surface area contributed by atoms with E-state index in [1.165, 1.54) is 6.07 Å². The van der Waals surface area contributed by atoms with Crippen molar-refractivity contribution in [2.75, 3.05) is 6.61 Å². The van der Waals surface area contributed by atoms with Crippen molar-refractivity contribution in [2.24, 2.45) is 0 Å². The number of nitrogens with zero attached hydrogens (tertiary/aromatic N) is 2. The minimum absolute atomic E-state index is 0.0759. The number of hydrogen-bond acceptors (Lipinski definition) is 5. The van der Waals surface area contributed by atoms with Crippen LogP contribution in [-0.4, -0.2) is 11.6 Å². The lowest BCUT2D eigenvalue weighted by atomic mass is 10.0. The standard InChI is InChI=1S/C22H22N2O3/c1-2-7-18-20(26-13-5-3-4-11-23)10-9-17-19(25)14-21(27-22(17)18)16-8-6-12-24-15-16/h6,8-10,12,14-15H,2-5,7,13H2,1H3. The van der Waals surface area contributed by atoms with Crippen LogP contribution < -0.4 is 10.2 Å². The minimum Gasteiger partial charge on any atom is -0.493 e. The third-order valence-electron chi connectivity index (χ3n) is 4.34. The molecular weight excluding hydrogens is 340 g/mol. The van der Waals surface area contributed by atoms with Gasteiger partial charge in [0.2, 0.25) is 0 Å². The second-order valence-corrected chi connectivity index (χ2v) is 6.35. The Labute approximate surface area is 158 Å². The first kappa shape index (κ1) is 18.7. The fraction of sp³-hybridized carbons (Fsp3) is 0.318. The molecular formula is C22H22N2O3. The van der Waals surface area contributed by atoms with Gasteiger partial charge in [-0.2, -0.15) is 5.26 Å². The predicted octanol–water partition coefficient (Wildman–Crippen LogP) is 4.88. The summed E-state index contributed by atoms with van der Waals surface area (Å²) in [5.41, 5.74) is 2.19. The van der Waals surface area contributed by atoms with E-state index in [0.29, 0.717) is 29.8 Å². The van der Waals surface area contributed by atoms with Crippen LogP contribution in [0.15, 0.2) is 51.9 Å². The fourth-order valence-electron chi connectivity index (χ4n) is 3.02. The lowest BCUT2D eigenvalue weighted by molar-refractivity contribution is 0.304. The normalized spacial score (nSPS) is 10.7. The molecule has 0 aliphatic heterocycles. The molecule has 2 heterocycles. The maximum Gasteiger partial charge on any atom is 0.193 e. The van der Waals surface area contributed by atoms with Gasteiger partial charge in [0.05, 0.1) is 18.1 Å². The van der Waals surface area contributed by atoms with Crippen molar-refractivity contribution in [3.63, 3.8) is 0 Å². The van der Waals surface area contributed by atoms with Gasteiger partial charge in [0.1, 0.15) is 17.1 Å². The molecule has 27 heavy (non-hydrogen) atoms. The van der Waals surface area contributed by atoms with Gasteiger partial charge in [-0.05, 0) is 43.5 Å². The van der Waals surface area contributed by atoms with E-state index in [2.05, 4.69) is 18.0 Å². The Bertz CT molecular complexity index is 1000. The number of hydrogen-bond donors (Lipinski definition) is 0. The average molecular weight is 362 g/mol. The van der Waals surface area contributed by atoms with E-state index in [1.54, 1.807) is 18.5 Å². The molecule has 0 unspecified atom stereocenters. The SMILES string of the molecule is CCCc1c(OCCCCC#N)ccc2c(=O)cc(-c3cccnc3)oc12.